The lowest BCUT2D eigenvalue weighted by Crippen LogP contribution is -2.50. The summed E-state index contributed by atoms with van der Waals surface area (Å²) in [4.78, 5) is 27.3. The van der Waals surface area contributed by atoms with Gasteiger partial charge in [0.15, 0.2) is 0 Å². The van der Waals surface area contributed by atoms with Gasteiger partial charge in [0.05, 0.1) is 7.11 Å². The Morgan fingerprint density at radius 1 is 1.03 bits per heavy atom. The zero-order valence-electron chi connectivity index (χ0n) is 17.6. The second kappa shape index (κ2) is 11.2. The summed E-state index contributed by atoms with van der Waals surface area (Å²) in [7, 11) is 3.59. The molecule has 6 nitrogen and oxygen atoms in total. The van der Waals surface area contributed by atoms with Crippen molar-refractivity contribution in [2.45, 2.75) is 26.4 Å². The lowest BCUT2D eigenvalue weighted by molar-refractivity contribution is -0.124. The fourth-order valence-electron chi connectivity index (χ4n) is 2.96. The normalized spacial score (nSPS) is 11.9. The van der Waals surface area contributed by atoms with Crippen molar-refractivity contribution in [1.29, 1.82) is 0 Å². The van der Waals surface area contributed by atoms with Crippen LogP contribution in [0.1, 0.15) is 29.8 Å². The van der Waals surface area contributed by atoms with Crippen LogP contribution in [0.2, 0.25) is 0 Å². The first-order valence-corrected chi connectivity index (χ1v) is 9.85. The average molecular weight is 398 g/mol. The van der Waals surface area contributed by atoms with Crippen LogP contribution in [0.3, 0.4) is 0 Å². The minimum Gasteiger partial charge on any atom is -0.497 e. The minimum atomic E-state index is -0.593. The summed E-state index contributed by atoms with van der Waals surface area (Å²) >= 11 is 0. The molecule has 1 unspecified atom stereocenters. The molecule has 0 aliphatic carbocycles. The number of benzene rings is 2. The maximum absolute atomic E-state index is 12.6. The Morgan fingerprint density at radius 2 is 1.69 bits per heavy atom. The fraction of sp³-hybridized carbons (Fsp3) is 0.391. The van der Waals surface area contributed by atoms with E-state index in [9.17, 15) is 9.59 Å². The number of rotatable bonds is 10. The van der Waals surface area contributed by atoms with Crippen molar-refractivity contribution in [3.05, 3.63) is 65.7 Å². The highest BCUT2D eigenvalue weighted by Crippen LogP contribution is 2.12. The van der Waals surface area contributed by atoms with E-state index >= 15 is 0 Å². The molecular weight excluding hydrogens is 366 g/mol. The van der Waals surface area contributed by atoms with Crippen molar-refractivity contribution < 1.29 is 14.3 Å². The summed E-state index contributed by atoms with van der Waals surface area (Å²) in [6.45, 7) is 5.89. The van der Waals surface area contributed by atoms with Gasteiger partial charge in [-0.15, -0.1) is 0 Å². The van der Waals surface area contributed by atoms with Crippen LogP contribution in [0.5, 0.6) is 5.75 Å². The van der Waals surface area contributed by atoms with Crippen LogP contribution in [0.25, 0.3) is 0 Å². The Hall–Kier alpha value is -2.86. The number of amides is 2. The third kappa shape index (κ3) is 7.23. The monoisotopic (exact) mass is 397 g/mol. The van der Waals surface area contributed by atoms with Crippen LogP contribution < -0.4 is 15.4 Å². The van der Waals surface area contributed by atoms with Gasteiger partial charge in [0.25, 0.3) is 5.91 Å². The lowest BCUT2D eigenvalue weighted by atomic mass is 10.0. The van der Waals surface area contributed by atoms with Crippen molar-refractivity contribution in [1.82, 2.24) is 15.5 Å². The Labute approximate surface area is 173 Å². The van der Waals surface area contributed by atoms with Gasteiger partial charge in [-0.25, -0.2) is 0 Å². The number of nitrogens with one attached hydrogen (secondary N) is 2. The molecule has 29 heavy (non-hydrogen) atoms. The van der Waals surface area contributed by atoms with E-state index in [0.717, 1.165) is 13.1 Å². The van der Waals surface area contributed by atoms with E-state index in [4.69, 9.17) is 4.74 Å². The van der Waals surface area contributed by atoms with Crippen molar-refractivity contribution >= 4 is 11.8 Å². The summed E-state index contributed by atoms with van der Waals surface area (Å²) in [5.74, 6) is 0.205. The maximum atomic E-state index is 12.6. The first kappa shape index (κ1) is 22.4. The molecule has 2 N–H and O–H groups in total. The smallest absolute Gasteiger partial charge is 0.251 e. The third-order valence-corrected chi connectivity index (χ3v) is 4.68. The van der Waals surface area contributed by atoms with Crippen LogP contribution >= 0.6 is 0 Å². The van der Waals surface area contributed by atoms with Gasteiger partial charge >= 0.3 is 0 Å². The van der Waals surface area contributed by atoms with Crippen LogP contribution in [-0.2, 0) is 11.3 Å². The molecule has 0 aliphatic heterocycles. The predicted octanol–water partition coefficient (Wildman–Crippen LogP) is 2.70. The van der Waals surface area contributed by atoms with Gasteiger partial charge in [0, 0.05) is 25.2 Å². The largest absolute Gasteiger partial charge is 0.497 e. The zero-order chi connectivity index (χ0) is 21.2. The summed E-state index contributed by atoms with van der Waals surface area (Å²) < 4.78 is 5.11. The summed E-state index contributed by atoms with van der Waals surface area (Å²) in [5, 5.41) is 5.78. The second-order valence-corrected chi connectivity index (χ2v) is 7.44. The lowest BCUT2D eigenvalue weighted by Gasteiger charge is -2.23. The molecular formula is C23H31N3O3. The molecule has 1 atom stereocenters. The number of methoxy groups -OCH3 is 1. The Bertz CT molecular complexity index is 776. The maximum Gasteiger partial charge on any atom is 0.251 e. The molecule has 2 rings (SSSR count). The molecule has 2 aromatic carbocycles. The molecule has 0 saturated carbocycles. The van der Waals surface area contributed by atoms with Gasteiger partial charge in [-0.3, -0.25) is 9.59 Å². The van der Waals surface area contributed by atoms with E-state index in [1.165, 1.54) is 5.56 Å². The van der Waals surface area contributed by atoms with Crippen LogP contribution in [-0.4, -0.2) is 50.0 Å². The van der Waals surface area contributed by atoms with Gasteiger partial charge in [-0.05, 0) is 42.8 Å². The van der Waals surface area contributed by atoms with Gasteiger partial charge in [-0.2, -0.15) is 0 Å². The molecule has 156 valence electrons. The van der Waals surface area contributed by atoms with Gasteiger partial charge in [0.2, 0.25) is 5.91 Å². The van der Waals surface area contributed by atoms with Crippen molar-refractivity contribution in [3.8, 4) is 5.75 Å². The molecule has 2 amide bonds. The zero-order valence-corrected chi connectivity index (χ0v) is 17.6. The van der Waals surface area contributed by atoms with E-state index in [0.29, 0.717) is 17.9 Å². The third-order valence-electron chi connectivity index (χ3n) is 4.68. The predicted molar refractivity (Wildman–Crippen MR) is 115 cm³/mol. The van der Waals surface area contributed by atoms with E-state index in [-0.39, 0.29) is 17.7 Å². The fourth-order valence-corrected chi connectivity index (χ4v) is 2.96. The minimum absolute atomic E-state index is 0.0285. The average Bonchev–Trinajstić information content (AvgIpc) is 2.72. The highest BCUT2D eigenvalue weighted by atomic mass is 16.5. The van der Waals surface area contributed by atoms with E-state index in [1.54, 1.807) is 31.4 Å². The SMILES string of the molecule is COc1ccc(C(=O)NC(C(=O)NCCN(C)Cc2ccccc2)C(C)C)cc1. The summed E-state index contributed by atoms with van der Waals surface area (Å²) in [5.41, 5.74) is 1.72. The van der Waals surface area contributed by atoms with Crippen LogP contribution in [0, 0.1) is 5.92 Å². The molecule has 2 aromatic rings. The van der Waals surface area contributed by atoms with Crippen molar-refractivity contribution in [3.63, 3.8) is 0 Å². The molecule has 0 spiro atoms. The van der Waals surface area contributed by atoms with Crippen LogP contribution in [0.15, 0.2) is 54.6 Å². The van der Waals surface area contributed by atoms with Crippen molar-refractivity contribution in [2.75, 3.05) is 27.2 Å². The highest BCUT2D eigenvalue weighted by Gasteiger charge is 2.24. The number of hydrogen-bond acceptors (Lipinski definition) is 4. The summed E-state index contributed by atoms with van der Waals surface area (Å²) in [6, 6.07) is 16.4. The molecule has 0 fully saturated rings. The number of nitrogens with zero attached hydrogens (tertiary/aromatic N) is 1. The number of carbonyl (C=O) groups is 2. The number of hydrogen-bond donors (Lipinski definition) is 2. The quantitative estimate of drug-likeness (QED) is 0.647. The number of likely N-dealkylation sites (N-methyl/N-ethyl adjacent to an activating group) is 1. The summed E-state index contributed by atoms with van der Waals surface area (Å²) in [6.07, 6.45) is 0. The van der Waals surface area contributed by atoms with Crippen molar-refractivity contribution in [2.24, 2.45) is 5.92 Å². The molecule has 0 saturated heterocycles. The van der Waals surface area contributed by atoms with Gasteiger partial charge in [0.1, 0.15) is 11.8 Å². The number of ether oxygens (including phenoxy) is 1. The molecule has 0 aromatic heterocycles. The second-order valence-electron chi connectivity index (χ2n) is 7.44. The Balaban J connectivity index is 1.84. The highest BCUT2D eigenvalue weighted by molar-refractivity contribution is 5.97. The Morgan fingerprint density at radius 3 is 2.28 bits per heavy atom. The van der Waals surface area contributed by atoms with Crippen LogP contribution in [0.4, 0.5) is 0 Å². The standard InChI is InChI=1S/C23H31N3O3/c1-17(2)21(25-22(27)19-10-12-20(29-4)13-11-19)23(28)24-14-15-26(3)16-18-8-6-5-7-9-18/h5-13,17,21H,14-16H2,1-4H3,(H,24,28)(H,25,27). The van der Waals surface area contributed by atoms with Gasteiger partial charge < -0.3 is 20.3 Å². The Kier molecular flexibility index (Phi) is 8.68. The van der Waals surface area contributed by atoms with E-state index in [1.807, 2.05) is 39.1 Å². The molecule has 0 radical (unpaired) electrons. The van der Waals surface area contributed by atoms with E-state index in [2.05, 4.69) is 27.7 Å². The molecule has 0 bridgehead atoms. The topological polar surface area (TPSA) is 70.7 Å². The first-order valence-electron chi connectivity index (χ1n) is 9.85. The molecule has 0 heterocycles. The molecule has 6 heteroatoms. The van der Waals surface area contributed by atoms with Gasteiger partial charge in [-0.1, -0.05) is 44.2 Å². The van der Waals surface area contributed by atoms with E-state index < -0.39 is 6.04 Å². The molecule has 0 aliphatic rings. The number of carbonyl (C=O) groups excluding carboxylic acids is 2. The first-order chi connectivity index (χ1) is 13.9.